The highest BCUT2D eigenvalue weighted by molar-refractivity contribution is 5.82. The molecule has 0 radical (unpaired) electrons. The summed E-state index contributed by atoms with van der Waals surface area (Å²) in [5.74, 6) is -1.32. The molecule has 1 amide bonds. The van der Waals surface area contributed by atoms with E-state index in [1.165, 1.54) is 20.4 Å². The Labute approximate surface area is 128 Å². The molecule has 0 aliphatic carbocycles. The summed E-state index contributed by atoms with van der Waals surface area (Å²) < 4.78 is 19.0. The predicted molar refractivity (Wildman–Crippen MR) is 76.3 cm³/mol. The number of hydrogen-bond acceptors (Lipinski definition) is 8. The number of nitrogens with one attached hydrogen (secondary N) is 1. The lowest BCUT2D eigenvalue weighted by Gasteiger charge is -2.18. The van der Waals surface area contributed by atoms with Crippen LogP contribution in [0.5, 0.6) is 0 Å². The Bertz CT molecular complexity index is 415. The van der Waals surface area contributed by atoms with Crippen molar-refractivity contribution in [1.82, 2.24) is 5.43 Å². The molecule has 0 rings (SSSR count). The number of esters is 2. The lowest BCUT2D eigenvalue weighted by molar-refractivity contribution is -0.159. The largest absolute Gasteiger partial charge is 0.469 e. The molecule has 0 saturated heterocycles. The van der Waals surface area contributed by atoms with Crippen LogP contribution >= 0.6 is 0 Å². The predicted octanol–water partition coefficient (Wildman–Crippen LogP) is 0.618. The zero-order valence-corrected chi connectivity index (χ0v) is 13.4. The normalized spacial score (nSPS) is 12.6. The van der Waals surface area contributed by atoms with Gasteiger partial charge in [-0.25, -0.2) is 15.0 Å². The van der Waals surface area contributed by atoms with Crippen molar-refractivity contribution in [2.24, 2.45) is 5.10 Å². The molecule has 0 heterocycles. The maximum Gasteiger partial charge on any atom is 0.428 e. The molecule has 9 heteroatoms. The van der Waals surface area contributed by atoms with E-state index < -0.39 is 29.7 Å². The minimum Gasteiger partial charge on any atom is -0.469 e. The summed E-state index contributed by atoms with van der Waals surface area (Å²) in [5.41, 5.74) is 1.50. The Kier molecular flexibility index (Phi) is 8.76. The van der Waals surface area contributed by atoms with Crippen molar-refractivity contribution >= 4 is 24.2 Å². The lowest BCUT2D eigenvalue weighted by Crippen LogP contribution is -2.31. The highest BCUT2D eigenvalue weighted by Crippen LogP contribution is 2.06. The standard InChI is InChI=1S/C13H22N2O7/c1-13(2,3)22-12(18)15-14-6-7-21-9(11(17)20-5)8-10(16)19-4/h6,9H,7-8H2,1-5H3,(H,15,18)/b14-6-/t9-/m0/s1. The molecule has 126 valence electrons. The van der Waals surface area contributed by atoms with Gasteiger partial charge in [-0.15, -0.1) is 0 Å². The molecular formula is C13H22N2O7. The number of hydrogen-bond donors (Lipinski definition) is 1. The van der Waals surface area contributed by atoms with Crippen LogP contribution in [-0.2, 0) is 28.5 Å². The molecule has 9 nitrogen and oxygen atoms in total. The van der Waals surface area contributed by atoms with E-state index in [4.69, 9.17) is 9.47 Å². The highest BCUT2D eigenvalue weighted by atomic mass is 16.6. The maximum atomic E-state index is 11.4. The van der Waals surface area contributed by atoms with Gasteiger partial charge in [0.15, 0.2) is 6.10 Å². The quantitative estimate of drug-likeness (QED) is 0.317. The number of carbonyl (C=O) groups is 3. The summed E-state index contributed by atoms with van der Waals surface area (Å²) in [6, 6.07) is 0. The molecule has 1 N–H and O–H groups in total. The van der Waals surface area contributed by atoms with Gasteiger partial charge in [-0.05, 0) is 20.8 Å². The second-order valence-corrected chi connectivity index (χ2v) is 5.05. The number of rotatable bonds is 7. The van der Waals surface area contributed by atoms with E-state index >= 15 is 0 Å². The van der Waals surface area contributed by atoms with Crippen LogP contribution in [0, 0.1) is 0 Å². The summed E-state index contributed by atoms with van der Waals surface area (Å²) in [5, 5.41) is 3.57. The van der Waals surface area contributed by atoms with Crippen molar-refractivity contribution < 1.29 is 33.3 Å². The summed E-state index contributed by atoms with van der Waals surface area (Å²) >= 11 is 0. The fourth-order valence-electron chi connectivity index (χ4n) is 1.17. The van der Waals surface area contributed by atoms with Crippen molar-refractivity contribution in [3.63, 3.8) is 0 Å². The molecule has 22 heavy (non-hydrogen) atoms. The van der Waals surface area contributed by atoms with Gasteiger partial charge in [0.1, 0.15) is 5.60 Å². The van der Waals surface area contributed by atoms with Gasteiger partial charge in [0.25, 0.3) is 0 Å². The molecule has 0 unspecified atom stereocenters. The Morgan fingerprint density at radius 2 is 1.82 bits per heavy atom. The highest BCUT2D eigenvalue weighted by Gasteiger charge is 2.23. The first kappa shape index (κ1) is 19.8. The van der Waals surface area contributed by atoms with Crippen molar-refractivity contribution in [3.8, 4) is 0 Å². The summed E-state index contributed by atoms with van der Waals surface area (Å²) in [4.78, 5) is 33.8. The Balaban J connectivity index is 4.21. The zero-order valence-electron chi connectivity index (χ0n) is 13.4. The Hall–Kier alpha value is -2.16. The van der Waals surface area contributed by atoms with Gasteiger partial charge in [0.2, 0.25) is 0 Å². The summed E-state index contributed by atoms with van der Waals surface area (Å²) in [6.45, 7) is 5.03. The van der Waals surface area contributed by atoms with Crippen LogP contribution in [0.15, 0.2) is 5.10 Å². The molecule has 0 saturated carbocycles. The van der Waals surface area contributed by atoms with Crippen LogP contribution in [-0.4, -0.2) is 56.8 Å². The van der Waals surface area contributed by atoms with Gasteiger partial charge < -0.3 is 18.9 Å². The van der Waals surface area contributed by atoms with E-state index in [-0.39, 0.29) is 13.0 Å². The van der Waals surface area contributed by atoms with E-state index in [9.17, 15) is 14.4 Å². The van der Waals surface area contributed by atoms with Crippen molar-refractivity contribution in [2.75, 3.05) is 20.8 Å². The lowest BCUT2D eigenvalue weighted by atomic mass is 10.2. The van der Waals surface area contributed by atoms with Crippen LogP contribution < -0.4 is 5.43 Å². The van der Waals surface area contributed by atoms with Crippen LogP contribution in [0.3, 0.4) is 0 Å². The van der Waals surface area contributed by atoms with E-state index in [1.807, 2.05) is 0 Å². The second kappa shape index (κ2) is 9.72. The minimum atomic E-state index is -1.11. The number of methoxy groups -OCH3 is 2. The van der Waals surface area contributed by atoms with E-state index in [1.54, 1.807) is 20.8 Å². The van der Waals surface area contributed by atoms with Gasteiger partial charge in [-0.3, -0.25) is 4.79 Å². The van der Waals surface area contributed by atoms with E-state index in [0.717, 1.165) is 0 Å². The maximum absolute atomic E-state index is 11.4. The third-order valence-electron chi connectivity index (χ3n) is 2.06. The second-order valence-electron chi connectivity index (χ2n) is 5.05. The van der Waals surface area contributed by atoms with E-state index in [2.05, 4.69) is 20.0 Å². The third kappa shape index (κ3) is 9.70. The topological polar surface area (TPSA) is 113 Å². The first-order valence-corrected chi connectivity index (χ1v) is 6.46. The van der Waals surface area contributed by atoms with Gasteiger partial charge >= 0.3 is 18.0 Å². The number of amides is 1. The number of carbonyl (C=O) groups excluding carboxylic acids is 3. The molecular weight excluding hydrogens is 296 g/mol. The number of hydrazone groups is 1. The average molecular weight is 318 g/mol. The fraction of sp³-hybridized carbons (Fsp3) is 0.692. The average Bonchev–Trinajstić information content (AvgIpc) is 2.42. The summed E-state index contributed by atoms with van der Waals surface area (Å²) in [6.07, 6.45) is -0.901. The SMILES string of the molecule is COC(=O)C[C@H](OC/C=N\NC(=O)OC(C)(C)C)C(=O)OC. The zero-order chi connectivity index (χ0) is 17.2. The number of nitrogens with zero attached hydrogens (tertiary/aromatic N) is 1. The molecule has 0 spiro atoms. The van der Waals surface area contributed by atoms with Gasteiger partial charge in [0.05, 0.1) is 33.5 Å². The van der Waals surface area contributed by atoms with Crippen LogP contribution in [0.25, 0.3) is 0 Å². The molecule has 0 aliphatic heterocycles. The first-order valence-electron chi connectivity index (χ1n) is 6.46. The molecule has 0 aromatic heterocycles. The van der Waals surface area contributed by atoms with Crippen molar-refractivity contribution in [2.45, 2.75) is 38.9 Å². The molecule has 0 bridgehead atoms. The molecule has 0 aromatic rings. The number of ether oxygens (including phenoxy) is 4. The van der Waals surface area contributed by atoms with Crippen molar-refractivity contribution in [3.05, 3.63) is 0 Å². The van der Waals surface area contributed by atoms with Gasteiger partial charge in [-0.2, -0.15) is 5.10 Å². The van der Waals surface area contributed by atoms with Gasteiger partial charge in [-0.1, -0.05) is 0 Å². The third-order valence-corrected chi connectivity index (χ3v) is 2.06. The fourth-order valence-corrected chi connectivity index (χ4v) is 1.17. The molecule has 0 fully saturated rings. The minimum absolute atomic E-state index is 0.118. The van der Waals surface area contributed by atoms with Crippen LogP contribution in [0.2, 0.25) is 0 Å². The van der Waals surface area contributed by atoms with Gasteiger partial charge in [0, 0.05) is 0 Å². The first-order chi connectivity index (χ1) is 10.2. The van der Waals surface area contributed by atoms with Crippen LogP contribution in [0.4, 0.5) is 4.79 Å². The van der Waals surface area contributed by atoms with Crippen LogP contribution in [0.1, 0.15) is 27.2 Å². The Morgan fingerprint density at radius 3 is 2.32 bits per heavy atom. The molecule has 1 atom stereocenters. The molecule has 0 aliphatic rings. The van der Waals surface area contributed by atoms with Crippen molar-refractivity contribution in [1.29, 1.82) is 0 Å². The summed E-state index contributed by atoms with van der Waals surface area (Å²) in [7, 11) is 2.37. The monoisotopic (exact) mass is 318 g/mol. The smallest absolute Gasteiger partial charge is 0.428 e. The van der Waals surface area contributed by atoms with E-state index in [0.29, 0.717) is 0 Å². The Morgan fingerprint density at radius 1 is 1.18 bits per heavy atom. The molecule has 0 aromatic carbocycles.